The lowest BCUT2D eigenvalue weighted by molar-refractivity contribution is -0.384. The SMILES string of the molecule is CCNC(=NCC(C)(O)c1ccc(C)o1)NCCNc1ccc([N+](=O)[O-])cc1.I. The first kappa shape index (κ1) is 24.7. The Morgan fingerprint density at radius 2 is 1.90 bits per heavy atom. The number of furan rings is 1. The van der Waals surface area contributed by atoms with Crippen LogP contribution in [-0.2, 0) is 5.60 Å². The fourth-order valence-corrected chi connectivity index (χ4v) is 2.47. The summed E-state index contributed by atoms with van der Waals surface area (Å²) < 4.78 is 5.50. The van der Waals surface area contributed by atoms with Gasteiger partial charge in [0, 0.05) is 37.5 Å². The van der Waals surface area contributed by atoms with Crippen LogP contribution in [0.25, 0.3) is 0 Å². The number of anilines is 1. The Kier molecular flexibility index (Phi) is 9.89. The van der Waals surface area contributed by atoms with Gasteiger partial charge in [-0.1, -0.05) is 0 Å². The summed E-state index contributed by atoms with van der Waals surface area (Å²) in [7, 11) is 0. The van der Waals surface area contributed by atoms with Crippen molar-refractivity contribution in [3.8, 4) is 0 Å². The van der Waals surface area contributed by atoms with Crippen molar-refractivity contribution in [3.05, 3.63) is 58.0 Å². The summed E-state index contributed by atoms with van der Waals surface area (Å²) >= 11 is 0. The number of rotatable bonds is 9. The van der Waals surface area contributed by atoms with E-state index in [1.165, 1.54) is 12.1 Å². The lowest BCUT2D eigenvalue weighted by Gasteiger charge is -2.19. The van der Waals surface area contributed by atoms with Gasteiger partial charge in [0.15, 0.2) is 5.96 Å². The van der Waals surface area contributed by atoms with Crippen LogP contribution in [0, 0.1) is 17.0 Å². The molecular weight excluding hydrogens is 489 g/mol. The van der Waals surface area contributed by atoms with Crippen LogP contribution in [0.1, 0.15) is 25.4 Å². The van der Waals surface area contributed by atoms with E-state index in [1.807, 2.05) is 13.8 Å². The van der Waals surface area contributed by atoms with Gasteiger partial charge in [0.2, 0.25) is 0 Å². The highest BCUT2D eigenvalue weighted by Crippen LogP contribution is 2.23. The van der Waals surface area contributed by atoms with Gasteiger partial charge in [0.05, 0.1) is 11.5 Å². The zero-order valence-electron chi connectivity index (χ0n) is 16.8. The Morgan fingerprint density at radius 1 is 1.21 bits per heavy atom. The summed E-state index contributed by atoms with van der Waals surface area (Å²) in [5.74, 6) is 1.79. The van der Waals surface area contributed by atoms with E-state index in [9.17, 15) is 15.2 Å². The second-order valence-electron chi connectivity index (χ2n) is 6.54. The third-order valence-electron chi connectivity index (χ3n) is 3.99. The van der Waals surface area contributed by atoms with E-state index < -0.39 is 10.5 Å². The van der Waals surface area contributed by atoms with Crippen molar-refractivity contribution in [1.29, 1.82) is 0 Å². The van der Waals surface area contributed by atoms with E-state index in [0.717, 1.165) is 11.4 Å². The number of guanidine groups is 1. The average molecular weight is 517 g/mol. The Morgan fingerprint density at radius 3 is 2.45 bits per heavy atom. The van der Waals surface area contributed by atoms with E-state index >= 15 is 0 Å². The topological polar surface area (TPSA) is 125 Å². The standard InChI is InChI=1S/C19H27N5O4.HI/c1-4-20-18(23-13-19(3,25)17-10-5-14(2)28-17)22-12-11-21-15-6-8-16(9-7-15)24(26)27;/h5-10,21,25H,4,11-13H2,1-3H3,(H2,20,22,23);1H. The van der Waals surface area contributed by atoms with Gasteiger partial charge in [0.25, 0.3) is 5.69 Å². The molecule has 1 aromatic heterocycles. The molecule has 0 radical (unpaired) electrons. The van der Waals surface area contributed by atoms with E-state index in [2.05, 4.69) is 20.9 Å². The average Bonchev–Trinajstić information content (AvgIpc) is 3.11. The molecular formula is C19H28IN5O4. The fourth-order valence-electron chi connectivity index (χ4n) is 2.47. The number of nitrogens with zero attached hydrogens (tertiary/aromatic N) is 2. The van der Waals surface area contributed by atoms with Crippen molar-refractivity contribution >= 4 is 41.3 Å². The molecule has 4 N–H and O–H groups in total. The van der Waals surface area contributed by atoms with Crippen molar-refractivity contribution in [2.45, 2.75) is 26.4 Å². The first-order valence-corrected chi connectivity index (χ1v) is 9.11. The molecule has 2 rings (SSSR count). The molecule has 2 aromatic rings. The predicted molar refractivity (Wildman–Crippen MR) is 124 cm³/mol. The Bertz CT molecular complexity index is 805. The van der Waals surface area contributed by atoms with E-state index in [-0.39, 0.29) is 36.2 Å². The number of non-ortho nitro benzene ring substituents is 1. The van der Waals surface area contributed by atoms with Gasteiger partial charge in [-0.3, -0.25) is 10.1 Å². The van der Waals surface area contributed by atoms with E-state index in [1.54, 1.807) is 31.2 Å². The van der Waals surface area contributed by atoms with E-state index in [4.69, 9.17) is 4.42 Å². The highest BCUT2D eigenvalue weighted by molar-refractivity contribution is 14.0. The number of nitro benzene ring substituents is 1. The van der Waals surface area contributed by atoms with Crippen LogP contribution in [0.4, 0.5) is 11.4 Å². The number of nitrogens with one attached hydrogen (secondary N) is 3. The highest BCUT2D eigenvalue weighted by Gasteiger charge is 2.26. The minimum atomic E-state index is -1.20. The molecule has 1 aromatic carbocycles. The lowest BCUT2D eigenvalue weighted by Crippen LogP contribution is -2.40. The van der Waals surface area contributed by atoms with Gasteiger partial charge in [-0.25, -0.2) is 4.99 Å². The molecule has 1 atom stereocenters. The van der Waals surface area contributed by atoms with Crippen LogP contribution in [0.2, 0.25) is 0 Å². The second kappa shape index (κ2) is 11.6. The number of hydrogen-bond acceptors (Lipinski definition) is 6. The predicted octanol–water partition coefficient (Wildman–Crippen LogP) is 2.99. The maximum atomic E-state index is 10.7. The Hall–Kier alpha value is -2.34. The molecule has 0 aliphatic rings. The molecule has 1 unspecified atom stereocenters. The molecule has 10 heteroatoms. The highest BCUT2D eigenvalue weighted by atomic mass is 127. The zero-order chi connectivity index (χ0) is 20.6. The molecule has 0 spiro atoms. The van der Waals surface area contributed by atoms with Gasteiger partial charge in [0.1, 0.15) is 17.1 Å². The lowest BCUT2D eigenvalue weighted by atomic mass is 10.0. The van der Waals surface area contributed by atoms with E-state index in [0.29, 0.717) is 31.4 Å². The van der Waals surface area contributed by atoms with Crippen molar-refractivity contribution < 1.29 is 14.4 Å². The smallest absolute Gasteiger partial charge is 0.269 e. The molecule has 1 heterocycles. The third-order valence-corrected chi connectivity index (χ3v) is 3.99. The van der Waals surface area contributed by atoms with Crippen molar-refractivity contribution in [1.82, 2.24) is 10.6 Å². The van der Waals surface area contributed by atoms with Crippen molar-refractivity contribution in [3.63, 3.8) is 0 Å². The molecule has 0 saturated heterocycles. The summed E-state index contributed by atoms with van der Waals surface area (Å²) in [4.78, 5) is 14.7. The molecule has 29 heavy (non-hydrogen) atoms. The summed E-state index contributed by atoms with van der Waals surface area (Å²) in [6.07, 6.45) is 0. The monoisotopic (exact) mass is 517 g/mol. The first-order valence-electron chi connectivity index (χ1n) is 9.11. The largest absolute Gasteiger partial charge is 0.463 e. The molecule has 9 nitrogen and oxygen atoms in total. The number of aryl methyl sites for hydroxylation is 1. The first-order chi connectivity index (χ1) is 13.3. The van der Waals surface area contributed by atoms with Gasteiger partial charge in [-0.15, -0.1) is 24.0 Å². The fraction of sp³-hybridized carbons (Fsp3) is 0.421. The summed E-state index contributed by atoms with van der Waals surface area (Å²) in [5.41, 5.74) is -0.345. The maximum Gasteiger partial charge on any atom is 0.269 e. The molecule has 0 saturated carbocycles. The quantitative estimate of drug-likeness (QED) is 0.101. The summed E-state index contributed by atoms with van der Waals surface area (Å²) in [6.45, 7) is 7.44. The molecule has 0 aliphatic heterocycles. The van der Waals surface area contributed by atoms with Crippen LogP contribution in [0.3, 0.4) is 0 Å². The van der Waals surface area contributed by atoms with Gasteiger partial charge < -0.3 is 25.5 Å². The maximum absolute atomic E-state index is 10.7. The van der Waals surface area contributed by atoms with Crippen molar-refractivity contribution in [2.24, 2.45) is 4.99 Å². The van der Waals surface area contributed by atoms with Crippen LogP contribution >= 0.6 is 24.0 Å². The molecule has 0 fully saturated rings. The van der Waals surface area contributed by atoms with Gasteiger partial charge >= 0.3 is 0 Å². The molecule has 0 bridgehead atoms. The number of benzene rings is 1. The number of hydrogen-bond donors (Lipinski definition) is 4. The van der Waals surface area contributed by atoms with Crippen LogP contribution < -0.4 is 16.0 Å². The number of aliphatic imine (C=N–C) groups is 1. The molecule has 160 valence electrons. The number of halogens is 1. The van der Waals surface area contributed by atoms with Crippen LogP contribution in [-0.4, -0.2) is 42.2 Å². The van der Waals surface area contributed by atoms with Gasteiger partial charge in [-0.05, 0) is 45.0 Å². The Labute approximate surface area is 187 Å². The number of aliphatic hydroxyl groups is 1. The zero-order valence-corrected chi connectivity index (χ0v) is 19.1. The summed E-state index contributed by atoms with van der Waals surface area (Å²) in [6, 6.07) is 9.81. The minimum absolute atomic E-state index is 0. The van der Waals surface area contributed by atoms with Crippen molar-refractivity contribution in [2.75, 3.05) is 31.5 Å². The minimum Gasteiger partial charge on any atom is -0.463 e. The normalized spacial score (nSPS) is 13.2. The van der Waals surface area contributed by atoms with Gasteiger partial charge in [-0.2, -0.15) is 0 Å². The second-order valence-corrected chi connectivity index (χ2v) is 6.54. The third kappa shape index (κ3) is 7.89. The molecule has 0 amide bonds. The molecule has 0 aliphatic carbocycles. The Balaban J connectivity index is 0.00000420. The van der Waals surface area contributed by atoms with Crippen LogP contribution in [0.15, 0.2) is 45.8 Å². The number of nitro groups is 1. The summed E-state index contributed by atoms with van der Waals surface area (Å²) in [5, 5.41) is 30.7. The van der Waals surface area contributed by atoms with Crippen LogP contribution in [0.5, 0.6) is 0 Å².